The summed E-state index contributed by atoms with van der Waals surface area (Å²) in [7, 11) is 0. The SMILES string of the molecule is CC1(C)c2ccc(-c3ccc(-c4c5ccccc5c(-c5ccc(-c6ccc7oc8ccccc8c7c6)cc5)c5ccccc45)cc3)cc2-c2ccc3ccccc3c21. The van der Waals surface area contributed by atoms with Crippen LogP contribution in [-0.4, -0.2) is 0 Å². The molecule has 0 atom stereocenters. The van der Waals surface area contributed by atoms with E-state index in [2.05, 4.69) is 196 Å². The van der Waals surface area contributed by atoms with Gasteiger partial charge in [-0.15, -0.1) is 0 Å². The molecule has 0 radical (unpaired) electrons. The summed E-state index contributed by atoms with van der Waals surface area (Å²) in [6.07, 6.45) is 0. The van der Waals surface area contributed by atoms with Gasteiger partial charge in [-0.25, -0.2) is 0 Å². The van der Waals surface area contributed by atoms with Crippen molar-refractivity contribution in [1.29, 1.82) is 0 Å². The number of benzene rings is 10. The largest absolute Gasteiger partial charge is 0.456 e. The summed E-state index contributed by atoms with van der Waals surface area (Å²) in [5, 5.41) is 9.98. The van der Waals surface area contributed by atoms with Gasteiger partial charge in [0.2, 0.25) is 0 Å². The van der Waals surface area contributed by atoms with Crippen molar-refractivity contribution >= 4 is 54.3 Å². The summed E-state index contributed by atoms with van der Waals surface area (Å²) < 4.78 is 6.11. The highest BCUT2D eigenvalue weighted by Gasteiger charge is 2.37. The zero-order valence-corrected chi connectivity index (χ0v) is 32.4. The van der Waals surface area contributed by atoms with E-state index in [1.807, 2.05) is 12.1 Å². The average Bonchev–Trinajstić information content (AvgIpc) is 3.76. The number of fused-ring (bicyclic) bond motifs is 10. The van der Waals surface area contributed by atoms with Crippen molar-refractivity contribution in [3.8, 4) is 55.6 Å². The van der Waals surface area contributed by atoms with E-state index < -0.39 is 0 Å². The summed E-state index contributed by atoms with van der Waals surface area (Å²) in [4.78, 5) is 0. The predicted molar refractivity (Wildman–Crippen MR) is 246 cm³/mol. The van der Waals surface area contributed by atoms with Crippen molar-refractivity contribution in [3.63, 3.8) is 0 Å². The molecular weight excluding hydrogens is 701 g/mol. The van der Waals surface area contributed by atoms with E-state index in [0.717, 1.165) is 21.9 Å². The van der Waals surface area contributed by atoms with Crippen LogP contribution in [0.15, 0.2) is 199 Å². The molecule has 12 rings (SSSR count). The van der Waals surface area contributed by atoms with Crippen molar-refractivity contribution in [1.82, 2.24) is 0 Å². The van der Waals surface area contributed by atoms with Gasteiger partial charge in [-0.05, 0) is 123 Å². The zero-order chi connectivity index (χ0) is 38.5. The molecule has 10 aromatic carbocycles. The van der Waals surface area contributed by atoms with Crippen molar-refractivity contribution in [3.05, 3.63) is 205 Å². The molecular formula is C57H38O. The van der Waals surface area contributed by atoms with Gasteiger partial charge < -0.3 is 4.42 Å². The van der Waals surface area contributed by atoms with E-state index in [-0.39, 0.29) is 5.41 Å². The summed E-state index contributed by atoms with van der Waals surface area (Å²) in [6.45, 7) is 4.75. The Labute approximate surface area is 337 Å². The van der Waals surface area contributed by atoms with Gasteiger partial charge in [-0.3, -0.25) is 0 Å². The smallest absolute Gasteiger partial charge is 0.135 e. The van der Waals surface area contributed by atoms with E-state index in [1.54, 1.807) is 0 Å². The minimum Gasteiger partial charge on any atom is -0.456 e. The zero-order valence-electron chi connectivity index (χ0n) is 32.4. The third kappa shape index (κ3) is 4.83. The molecule has 1 aliphatic carbocycles. The van der Waals surface area contributed by atoms with Crippen LogP contribution in [0.4, 0.5) is 0 Å². The fourth-order valence-corrected chi connectivity index (χ4v) is 10.1. The third-order valence-corrected chi connectivity index (χ3v) is 12.9. The van der Waals surface area contributed by atoms with E-state index in [4.69, 9.17) is 4.42 Å². The molecule has 0 spiro atoms. The average molecular weight is 739 g/mol. The van der Waals surface area contributed by atoms with Crippen LogP contribution < -0.4 is 0 Å². The Morgan fingerprint density at radius 2 is 0.793 bits per heavy atom. The predicted octanol–water partition coefficient (Wildman–Crippen LogP) is 16.0. The molecule has 272 valence electrons. The van der Waals surface area contributed by atoms with Crippen LogP contribution in [0.1, 0.15) is 25.0 Å². The van der Waals surface area contributed by atoms with Gasteiger partial charge in [0.25, 0.3) is 0 Å². The van der Waals surface area contributed by atoms with Crippen LogP contribution in [0, 0.1) is 0 Å². The van der Waals surface area contributed by atoms with Gasteiger partial charge >= 0.3 is 0 Å². The van der Waals surface area contributed by atoms with E-state index in [9.17, 15) is 0 Å². The number of furan rings is 1. The Hall–Kier alpha value is -7.22. The molecule has 0 N–H and O–H groups in total. The molecule has 0 aliphatic heterocycles. The monoisotopic (exact) mass is 738 g/mol. The molecule has 0 saturated carbocycles. The molecule has 1 nitrogen and oxygen atoms in total. The van der Waals surface area contributed by atoms with Gasteiger partial charge in [0.15, 0.2) is 0 Å². The number of hydrogen-bond acceptors (Lipinski definition) is 1. The van der Waals surface area contributed by atoms with Gasteiger partial charge in [-0.2, -0.15) is 0 Å². The Morgan fingerprint density at radius 3 is 1.41 bits per heavy atom. The molecule has 1 aromatic heterocycles. The minimum atomic E-state index is -0.0600. The molecule has 0 bridgehead atoms. The highest BCUT2D eigenvalue weighted by molar-refractivity contribution is 6.21. The van der Waals surface area contributed by atoms with Crippen LogP contribution in [0.25, 0.3) is 110 Å². The second-order valence-corrected chi connectivity index (χ2v) is 16.4. The quantitative estimate of drug-likeness (QED) is 0.164. The third-order valence-electron chi connectivity index (χ3n) is 12.9. The second-order valence-electron chi connectivity index (χ2n) is 16.4. The number of hydrogen-bond donors (Lipinski definition) is 0. The first kappa shape index (κ1) is 33.0. The molecule has 0 saturated heterocycles. The maximum atomic E-state index is 6.11. The van der Waals surface area contributed by atoms with Crippen LogP contribution in [0.5, 0.6) is 0 Å². The second kappa shape index (κ2) is 12.4. The van der Waals surface area contributed by atoms with Crippen LogP contribution in [0.3, 0.4) is 0 Å². The number of rotatable bonds is 4. The molecule has 0 amide bonds. The van der Waals surface area contributed by atoms with Gasteiger partial charge in [0, 0.05) is 16.2 Å². The lowest BCUT2D eigenvalue weighted by Crippen LogP contribution is -2.15. The standard InChI is InChI=1S/C57H38O/c1-57(2)51-31-28-40(33-49(51)48-30-27-37-11-3-4-12-42(37)56(48)57)35-19-23-38(24-20-35)54-44-14-5-7-16-46(44)55(47-17-8-6-15-45(47)54)39-25-21-36(22-26-39)41-29-32-53-50(34-41)43-13-9-10-18-52(43)58-53/h3-34H,1-2H3. The maximum Gasteiger partial charge on any atom is 0.135 e. The van der Waals surface area contributed by atoms with Gasteiger partial charge in [0.1, 0.15) is 11.2 Å². The summed E-state index contributed by atoms with van der Waals surface area (Å²) in [6, 6.07) is 71.4. The Balaban J connectivity index is 0.938. The van der Waals surface area contributed by atoms with Gasteiger partial charge in [-0.1, -0.05) is 184 Å². The Bertz CT molecular complexity index is 3390. The molecule has 58 heavy (non-hydrogen) atoms. The normalized spacial score (nSPS) is 13.1. The topological polar surface area (TPSA) is 13.1 Å². The number of para-hydroxylation sites is 1. The Kier molecular flexibility index (Phi) is 7.04. The van der Waals surface area contributed by atoms with Crippen LogP contribution in [0.2, 0.25) is 0 Å². The highest BCUT2D eigenvalue weighted by Crippen LogP contribution is 2.52. The van der Waals surface area contributed by atoms with Crippen molar-refractivity contribution in [2.45, 2.75) is 19.3 Å². The van der Waals surface area contributed by atoms with Crippen molar-refractivity contribution in [2.24, 2.45) is 0 Å². The van der Waals surface area contributed by atoms with E-state index in [0.29, 0.717) is 0 Å². The highest BCUT2D eigenvalue weighted by atomic mass is 16.3. The summed E-state index contributed by atoms with van der Waals surface area (Å²) >= 11 is 0. The minimum absolute atomic E-state index is 0.0600. The van der Waals surface area contributed by atoms with E-state index >= 15 is 0 Å². The molecule has 0 unspecified atom stereocenters. The Morgan fingerprint density at radius 1 is 0.328 bits per heavy atom. The first-order chi connectivity index (χ1) is 28.5. The fourth-order valence-electron chi connectivity index (χ4n) is 10.1. The lowest BCUT2D eigenvalue weighted by molar-refractivity contribution is 0.666. The lowest BCUT2D eigenvalue weighted by atomic mass is 9.80. The molecule has 1 aliphatic rings. The van der Waals surface area contributed by atoms with Gasteiger partial charge in [0.05, 0.1) is 0 Å². The van der Waals surface area contributed by atoms with Crippen molar-refractivity contribution in [2.75, 3.05) is 0 Å². The van der Waals surface area contributed by atoms with Crippen LogP contribution >= 0.6 is 0 Å². The fraction of sp³-hybridized carbons (Fsp3) is 0.0526. The van der Waals surface area contributed by atoms with Crippen molar-refractivity contribution < 1.29 is 4.42 Å². The van der Waals surface area contributed by atoms with Crippen LogP contribution in [-0.2, 0) is 5.41 Å². The first-order valence-corrected chi connectivity index (χ1v) is 20.2. The molecule has 1 heterocycles. The lowest BCUT2D eigenvalue weighted by Gasteiger charge is -2.23. The summed E-state index contributed by atoms with van der Waals surface area (Å²) in [5.41, 5.74) is 17.1. The summed E-state index contributed by atoms with van der Waals surface area (Å²) in [5.74, 6) is 0. The van der Waals surface area contributed by atoms with E-state index in [1.165, 1.54) is 99.1 Å². The molecule has 1 heteroatoms. The maximum absolute atomic E-state index is 6.11. The molecule has 0 fully saturated rings. The first-order valence-electron chi connectivity index (χ1n) is 20.2. The molecule has 11 aromatic rings.